The maximum Gasteiger partial charge on any atom is 0.320 e. The Labute approximate surface area is 318 Å². The summed E-state index contributed by atoms with van der Waals surface area (Å²) in [5, 5.41) is 8.57. The van der Waals surface area contributed by atoms with Crippen LogP contribution in [-0.4, -0.2) is 27.5 Å². The summed E-state index contributed by atoms with van der Waals surface area (Å²) in [6.45, 7) is 0. The van der Waals surface area contributed by atoms with E-state index in [1.54, 1.807) is 0 Å². The molecule has 0 aliphatic carbocycles. The Balaban J connectivity index is 1.32. The average molecular weight is 725 g/mol. The smallest absolute Gasteiger partial charge is 0.320 e. The molecule has 0 spiro atoms. The van der Waals surface area contributed by atoms with Gasteiger partial charge in [0.15, 0.2) is 0 Å². The molecular formula is C48H36N4Si2. The van der Waals surface area contributed by atoms with Crippen LogP contribution in [0.2, 0.25) is 0 Å². The van der Waals surface area contributed by atoms with Gasteiger partial charge in [0.05, 0.1) is 11.4 Å². The maximum absolute atomic E-state index is 5.71. The first kappa shape index (κ1) is 32.1. The fourth-order valence-electron chi connectivity index (χ4n) is 8.35. The van der Waals surface area contributed by atoms with Crippen molar-refractivity contribution in [2.24, 2.45) is 0 Å². The lowest BCUT2D eigenvalue weighted by molar-refractivity contribution is 1.16. The van der Waals surface area contributed by atoms with Crippen molar-refractivity contribution in [1.82, 2.24) is 9.97 Å². The van der Waals surface area contributed by atoms with Crippen LogP contribution < -0.4 is 24.0 Å². The minimum atomic E-state index is -3.10. The minimum Gasteiger partial charge on any atom is -0.369 e. The van der Waals surface area contributed by atoms with E-state index in [4.69, 9.17) is 9.97 Å². The molecular weight excluding hydrogens is 689 g/mol. The zero-order valence-electron chi connectivity index (χ0n) is 29.6. The maximum atomic E-state index is 5.71. The lowest BCUT2D eigenvalue weighted by Gasteiger charge is -2.65. The van der Waals surface area contributed by atoms with Gasteiger partial charge in [-0.2, -0.15) is 0 Å². The van der Waals surface area contributed by atoms with Crippen molar-refractivity contribution in [3.63, 3.8) is 0 Å². The van der Waals surface area contributed by atoms with Gasteiger partial charge < -0.3 is 8.46 Å². The van der Waals surface area contributed by atoms with Gasteiger partial charge in [0.1, 0.15) is 11.6 Å². The third-order valence-electron chi connectivity index (χ3n) is 10.7. The standard InChI is InChI=1S/C48H36N4Si2/c1-6-20-36(21-7-1)47-43-32-18-16-24-38(43)34-45(49-47)51-53(40-26-10-3-11-27-40)52(54(51,41-28-12-4-13-29-41)42-30-14-5-15-31-42)46-35-39-25-17-19-33-44(39)48(50-46)37-22-8-2-9-23-37/h1-35,53H. The molecule has 10 rings (SSSR count). The number of aromatic nitrogens is 2. The van der Waals surface area contributed by atoms with Crippen LogP contribution in [0.1, 0.15) is 0 Å². The molecule has 1 aliphatic rings. The van der Waals surface area contributed by atoms with Gasteiger partial charge in [-0.1, -0.05) is 200 Å². The molecule has 1 saturated heterocycles. The highest BCUT2D eigenvalue weighted by molar-refractivity contribution is 7.28. The number of nitrogens with zero attached hydrogens (tertiary/aromatic N) is 4. The van der Waals surface area contributed by atoms with Crippen LogP contribution in [0.4, 0.5) is 11.6 Å². The monoisotopic (exact) mass is 724 g/mol. The van der Waals surface area contributed by atoms with Crippen LogP contribution in [0, 0.1) is 0 Å². The molecule has 0 atom stereocenters. The first-order chi connectivity index (χ1) is 26.8. The van der Waals surface area contributed by atoms with Crippen LogP contribution >= 0.6 is 0 Å². The van der Waals surface area contributed by atoms with Gasteiger partial charge in [0, 0.05) is 21.9 Å². The molecule has 54 heavy (non-hydrogen) atoms. The molecule has 6 heteroatoms. The van der Waals surface area contributed by atoms with E-state index in [0.717, 1.165) is 44.9 Å². The third-order valence-corrected chi connectivity index (χ3v) is 21.0. The number of hydrogen-bond acceptors (Lipinski definition) is 4. The van der Waals surface area contributed by atoms with Gasteiger partial charge in [-0.25, -0.2) is 9.97 Å². The van der Waals surface area contributed by atoms with E-state index in [1.165, 1.54) is 26.3 Å². The minimum absolute atomic E-state index is 1.00. The van der Waals surface area contributed by atoms with Crippen LogP contribution in [0.15, 0.2) is 212 Å². The summed E-state index contributed by atoms with van der Waals surface area (Å²) in [6, 6.07) is 76.7. The highest BCUT2D eigenvalue weighted by atomic mass is 28.5. The second-order valence-corrected chi connectivity index (χ2v) is 20.7. The number of pyridine rings is 2. The molecule has 0 radical (unpaired) electrons. The third kappa shape index (κ3) is 5.18. The Morgan fingerprint density at radius 3 is 1.15 bits per heavy atom. The first-order valence-electron chi connectivity index (χ1n) is 18.5. The van der Waals surface area contributed by atoms with E-state index in [-0.39, 0.29) is 0 Å². The summed E-state index contributed by atoms with van der Waals surface area (Å²) in [4.78, 5) is 11.4. The van der Waals surface area contributed by atoms with Crippen LogP contribution in [0.3, 0.4) is 0 Å². The van der Waals surface area contributed by atoms with Gasteiger partial charge in [-0.15, -0.1) is 0 Å². The molecule has 4 nitrogen and oxygen atoms in total. The number of fused-ring (bicyclic) bond motifs is 2. The number of anilines is 2. The van der Waals surface area contributed by atoms with Crippen molar-refractivity contribution in [3.8, 4) is 22.5 Å². The molecule has 0 bridgehead atoms. The topological polar surface area (TPSA) is 32.3 Å². The molecule has 0 saturated carbocycles. The number of hydrogen-bond donors (Lipinski definition) is 0. The van der Waals surface area contributed by atoms with Crippen LogP contribution in [-0.2, 0) is 0 Å². The van der Waals surface area contributed by atoms with Crippen LogP contribution in [0.5, 0.6) is 0 Å². The van der Waals surface area contributed by atoms with Gasteiger partial charge in [0.25, 0.3) is 9.12 Å². The highest BCUT2D eigenvalue weighted by Crippen LogP contribution is 2.42. The Hall–Kier alpha value is -6.61. The van der Waals surface area contributed by atoms with E-state index >= 15 is 0 Å². The fraction of sp³-hybridized carbons (Fsp3) is 0. The molecule has 2 aromatic heterocycles. The highest BCUT2D eigenvalue weighted by Gasteiger charge is 2.66. The predicted octanol–water partition coefficient (Wildman–Crippen LogP) is 8.83. The van der Waals surface area contributed by atoms with Gasteiger partial charge in [0.2, 0.25) is 0 Å². The molecule has 1 aliphatic heterocycles. The van der Waals surface area contributed by atoms with E-state index in [9.17, 15) is 0 Å². The summed E-state index contributed by atoms with van der Waals surface area (Å²) in [5.41, 5.74) is 4.23. The Morgan fingerprint density at radius 1 is 0.370 bits per heavy atom. The summed E-state index contributed by atoms with van der Waals surface area (Å²) in [6.07, 6.45) is 0. The lowest BCUT2D eigenvalue weighted by atomic mass is 10.0. The second kappa shape index (κ2) is 13.4. The van der Waals surface area contributed by atoms with Gasteiger partial charge >= 0.3 is 8.40 Å². The van der Waals surface area contributed by atoms with E-state index in [1.807, 2.05) is 0 Å². The zero-order chi connectivity index (χ0) is 35.9. The summed E-state index contributed by atoms with van der Waals surface area (Å²) < 4.78 is 5.59. The summed E-state index contributed by atoms with van der Waals surface area (Å²) in [7, 11) is -5.39. The zero-order valence-corrected chi connectivity index (χ0v) is 31.7. The molecule has 7 aromatic carbocycles. The first-order valence-corrected chi connectivity index (χ1v) is 22.0. The Kier molecular flexibility index (Phi) is 7.97. The van der Waals surface area contributed by atoms with Gasteiger partial charge in [-0.05, 0) is 38.5 Å². The molecule has 0 unspecified atom stereocenters. The van der Waals surface area contributed by atoms with Crippen LogP contribution in [0.25, 0.3) is 44.1 Å². The van der Waals surface area contributed by atoms with Gasteiger partial charge in [-0.3, -0.25) is 0 Å². The number of rotatable bonds is 7. The quantitative estimate of drug-likeness (QED) is 0.154. The van der Waals surface area contributed by atoms with Crippen molar-refractivity contribution in [2.45, 2.75) is 0 Å². The molecule has 0 amide bonds. The Morgan fingerprint density at radius 2 is 0.722 bits per heavy atom. The van der Waals surface area contributed by atoms with E-state index < -0.39 is 17.5 Å². The SMILES string of the molecule is c1ccc(-c2nc(N3[SiH](c4ccccc4)N(c4cc5ccccc5c(-c5ccccc5)n4)[Si]3(c3ccccc3)c3ccccc3)cc3ccccc23)cc1. The number of benzene rings is 7. The molecule has 256 valence electrons. The predicted molar refractivity (Wildman–Crippen MR) is 230 cm³/mol. The second-order valence-electron chi connectivity index (χ2n) is 13.8. The van der Waals surface area contributed by atoms with Crippen molar-refractivity contribution in [1.29, 1.82) is 0 Å². The summed E-state index contributed by atoms with van der Waals surface area (Å²) in [5.74, 6) is 2.01. The van der Waals surface area contributed by atoms with E-state index in [0.29, 0.717) is 0 Å². The van der Waals surface area contributed by atoms with Crippen molar-refractivity contribution in [3.05, 3.63) is 212 Å². The van der Waals surface area contributed by atoms with Crippen molar-refractivity contribution in [2.75, 3.05) is 8.46 Å². The van der Waals surface area contributed by atoms with Crippen molar-refractivity contribution < 1.29 is 0 Å². The Bertz CT molecular complexity index is 2560. The molecule has 9 aromatic rings. The lowest BCUT2D eigenvalue weighted by Crippen LogP contribution is -2.99. The normalized spacial score (nSPS) is 13.9. The average Bonchev–Trinajstić information content (AvgIpc) is 3.25. The molecule has 0 N–H and O–H groups in total. The molecule has 3 heterocycles. The van der Waals surface area contributed by atoms with E-state index in [2.05, 4.69) is 221 Å². The summed E-state index contributed by atoms with van der Waals surface area (Å²) >= 11 is 0. The largest absolute Gasteiger partial charge is 0.369 e. The van der Waals surface area contributed by atoms with Crippen molar-refractivity contribution >= 4 is 66.3 Å². The molecule has 1 fully saturated rings. The fourth-order valence-corrected chi connectivity index (χ4v) is 20.5.